The summed E-state index contributed by atoms with van der Waals surface area (Å²) in [6.07, 6.45) is -0.162. The number of nitriles is 1. The first-order valence-electron chi connectivity index (χ1n) is 4.92. The second kappa shape index (κ2) is 5.82. The number of benzene rings is 1. The van der Waals surface area contributed by atoms with Crippen LogP contribution in [0.2, 0.25) is 0 Å². The fourth-order valence-electron chi connectivity index (χ4n) is 1.13. The number of hydrogen-bond donors (Lipinski definition) is 0. The number of nitro benzene ring substituents is 1. The van der Waals surface area contributed by atoms with Gasteiger partial charge in [-0.1, -0.05) is 0 Å². The number of rotatable bonds is 5. The van der Waals surface area contributed by atoms with Gasteiger partial charge in [-0.2, -0.15) is 5.26 Å². The highest BCUT2D eigenvalue weighted by atomic mass is 16.6. The first-order chi connectivity index (χ1) is 8.08. The molecule has 90 valence electrons. The third-order valence-corrected chi connectivity index (χ3v) is 2.16. The summed E-state index contributed by atoms with van der Waals surface area (Å²) in [5.74, 6) is 0.137. The molecule has 1 rings (SSSR count). The Morgan fingerprint density at radius 2 is 2.29 bits per heavy atom. The lowest BCUT2D eigenvalue weighted by molar-refractivity contribution is -0.385. The average Bonchev–Trinajstić information content (AvgIpc) is 2.35. The average molecular weight is 236 g/mol. The van der Waals surface area contributed by atoms with Gasteiger partial charge in [-0.15, -0.1) is 0 Å². The SMILES string of the molecule is COC(C)COc1ccc(C#N)cc1[N+](=O)[O-]. The van der Waals surface area contributed by atoms with Crippen LogP contribution < -0.4 is 4.74 Å². The van der Waals surface area contributed by atoms with E-state index in [0.29, 0.717) is 0 Å². The van der Waals surface area contributed by atoms with E-state index in [4.69, 9.17) is 14.7 Å². The summed E-state index contributed by atoms with van der Waals surface area (Å²) in [6, 6.07) is 5.92. The van der Waals surface area contributed by atoms with Crippen LogP contribution in [-0.4, -0.2) is 24.7 Å². The summed E-state index contributed by atoms with van der Waals surface area (Å²) in [5, 5.41) is 19.4. The third kappa shape index (κ3) is 3.43. The van der Waals surface area contributed by atoms with Crippen molar-refractivity contribution in [3.05, 3.63) is 33.9 Å². The van der Waals surface area contributed by atoms with Crippen LogP contribution in [0.1, 0.15) is 12.5 Å². The van der Waals surface area contributed by atoms with E-state index in [-0.39, 0.29) is 29.7 Å². The minimum absolute atomic E-state index is 0.137. The minimum atomic E-state index is -0.576. The van der Waals surface area contributed by atoms with Gasteiger partial charge in [-0.25, -0.2) is 0 Å². The molecule has 17 heavy (non-hydrogen) atoms. The fraction of sp³-hybridized carbons (Fsp3) is 0.364. The Bertz CT molecular complexity index is 453. The van der Waals surface area contributed by atoms with Crippen LogP contribution in [0.15, 0.2) is 18.2 Å². The quantitative estimate of drug-likeness (QED) is 0.575. The molecule has 1 aromatic rings. The molecule has 0 radical (unpaired) electrons. The molecule has 1 atom stereocenters. The Hall–Kier alpha value is -2.13. The Labute approximate surface area is 98.5 Å². The Kier molecular flexibility index (Phi) is 4.43. The topological polar surface area (TPSA) is 85.4 Å². The van der Waals surface area contributed by atoms with Gasteiger partial charge in [0, 0.05) is 13.2 Å². The Morgan fingerprint density at radius 1 is 1.59 bits per heavy atom. The Morgan fingerprint density at radius 3 is 2.82 bits per heavy atom. The van der Waals surface area contributed by atoms with Crippen molar-refractivity contribution in [2.24, 2.45) is 0 Å². The van der Waals surface area contributed by atoms with Crippen LogP contribution in [0, 0.1) is 21.4 Å². The second-order valence-electron chi connectivity index (χ2n) is 3.41. The zero-order valence-corrected chi connectivity index (χ0v) is 9.54. The molecule has 0 amide bonds. The molecule has 0 spiro atoms. The van der Waals surface area contributed by atoms with Crippen molar-refractivity contribution in [2.45, 2.75) is 13.0 Å². The highest BCUT2D eigenvalue weighted by Crippen LogP contribution is 2.27. The number of nitro groups is 1. The van der Waals surface area contributed by atoms with Gasteiger partial charge in [0.15, 0.2) is 5.75 Å². The number of ether oxygens (including phenoxy) is 2. The molecule has 0 aliphatic carbocycles. The molecule has 0 aliphatic heterocycles. The lowest BCUT2D eigenvalue weighted by Gasteiger charge is -2.11. The number of hydrogen-bond acceptors (Lipinski definition) is 5. The molecule has 0 fully saturated rings. The largest absolute Gasteiger partial charge is 0.484 e. The van der Waals surface area contributed by atoms with Crippen molar-refractivity contribution in [3.8, 4) is 11.8 Å². The number of methoxy groups -OCH3 is 1. The standard InChI is InChI=1S/C11H12N2O4/c1-8(16-2)7-17-11-4-3-9(6-12)5-10(11)13(14)15/h3-5,8H,7H2,1-2H3. The summed E-state index contributed by atoms with van der Waals surface area (Å²) in [6.45, 7) is 2.00. The van der Waals surface area contributed by atoms with E-state index in [2.05, 4.69) is 0 Å². The molecule has 0 aromatic heterocycles. The summed E-state index contributed by atoms with van der Waals surface area (Å²) in [7, 11) is 1.53. The maximum absolute atomic E-state index is 10.8. The van der Waals surface area contributed by atoms with Gasteiger partial charge in [0.05, 0.1) is 22.7 Å². The molecule has 0 bridgehead atoms. The minimum Gasteiger partial charge on any atom is -0.484 e. The summed E-state index contributed by atoms with van der Waals surface area (Å²) >= 11 is 0. The number of nitrogens with zero attached hydrogens (tertiary/aromatic N) is 2. The van der Waals surface area contributed by atoms with E-state index in [1.54, 1.807) is 6.92 Å². The van der Waals surface area contributed by atoms with E-state index < -0.39 is 4.92 Å². The summed E-state index contributed by atoms with van der Waals surface area (Å²) < 4.78 is 10.2. The van der Waals surface area contributed by atoms with Crippen LogP contribution in [0.5, 0.6) is 5.75 Å². The highest BCUT2D eigenvalue weighted by molar-refractivity contribution is 5.51. The molecule has 6 nitrogen and oxygen atoms in total. The molecule has 6 heteroatoms. The monoisotopic (exact) mass is 236 g/mol. The van der Waals surface area contributed by atoms with E-state index in [9.17, 15) is 10.1 Å². The van der Waals surface area contributed by atoms with Crippen molar-refractivity contribution in [1.82, 2.24) is 0 Å². The fourth-order valence-corrected chi connectivity index (χ4v) is 1.13. The zero-order chi connectivity index (χ0) is 12.8. The molecule has 0 heterocycles. The summed E-state index contributed by atoms with van der Waals surface area (Å²) in [4.78, 5) is 10.2. The maximum Gasteiger partial charge on any atom is 0.312 e. The molecule has 0 N–H and O–H groups in total. The van der Waals surface area contributed by atoms with Crippen LogP contribution >= 0.6 is 0 Å². The summed E-state index contributed by atoms with van der Waals surface area (Å²) in [5.41, 5.74) is 0.0104. The molecule has 1 unspecified atom stereocenters. The van der Waals surface area contributed by atoms with Crippen molar-refractivity contribution in [2.75, 3.05) is 13.7 Å². The molecule has 0 saturated heterocycles. The van der Waals surface area contributed by atoms with Gasteiger partial charge in [0.25, 0.3) is 0 Å². The van der Waals surface area contributed by atoms with Gasteiger partial charge >= 0.3 is 5.69 Å². The smallest absolute Gasteiger partial charge is 0.312 e. The first-order valence-corrected chi connectivity index (χ1v) is 4.92. The van der Waals surface area contributed by atoms with Gasteiger partial charge in [0.1, 0.15) is 6.61 Å². The third-order valence-electron chi connectivity index (χ3n) is 2.16. The van der Waals surface area contributed by atoms with Crippen LogP contribution in [0.4, 0.5) is 5.69 Å². The van der Waals surface area contributed by atoms with Crippen LogP contribution in [0.25, 0.3) is 0 Å². The van der Waals surface area contributed by atoms with Crippen LogP contribution in [0.3, 0.4) is 0 Å². The van der Waals surface area contributed by atoms with Gasteiger partial charge in [-0.05, 0) is 19.1 Å². The van der Waals surface area contributed by atoms with Crippen molar-refractivity contribution >= 4 is 5.69 Å². The van der Waals surface area contributed by atoms with Crippen LogP contribution in [-0.2, 0) is 4.74 Å². The van der Waals surface area contributed by atoms with Gasteiger partial charge in [0.2, 0.25) is 0 Å². The van der Waals surface area contributed by atoms with Crippen molar-refractivity contribution in [1.29, 1.82) is 5.26 Å². The predicted molar refractivity (Wildman–Crippen MR) is 59.8 cm³/mol. The first kappa shape index (κ1) is 12.9. The predicted octanol–water partition coefficient (Wildman–Crippen LogP) is 1.88. The molecule has 0 aliphatic rings. The molecular formula is C11H12N2O4. The normalized spacial score (nSPS) is 11.6. The van der Waals surface area contributed by atoms with E-state index in [0.717, 1.165) is 0 Å². The highest BCUT2D eigenvalue weighted by Gasteiger charge is 2.16. The Balaban J connectivity index is 2.92. The van der Waals surface area contributed by atoms with E-state index in [1.165, 1.54) is 25.3 Å². The molecule has 0 saturated carbocycles. The molecular weight excluding hydrogens is 224 g/mol. The van der Waals surface area contributed by atoms with E-state index in [1.807, 2.05) is 6.07 Å². The van der Waals surface area contributed by atoms with Crippen molar-refractivity contribution < 1.29 is 14.4 Å². The van der Waals surface area contributed by atoms with Gasteiger partial charge < -0.3 is 9.47 Å². The van der Waals surface area contributed by atoms with E-state index >= 15 is 0 Å². The maximum atomic E-state index is 10.8. The zero-order valence-electron chi connectivity index (χ0n) is 9.54. The second-order valence-corrected chi connectivity index (χ2v) is 3.41. The molecule has 1 aromatic carbocycles. The lowest BCUT2D eigenvalue weighted by atomic mass is 10.2. The lowest BCUT2D eigenvalue weighted by Crippen LogP contribution is -2.16. The van der Waals surface area contributed by atoms with Gasteiger partial charge in [-0.3, -0.25) is 10.1 Å². The van der Waals surface area contributed by atoms with Crippen molar-refractivity contribution in [3.63, 3.8) is 0 Å².